The summed E-state index contributed by atoms with van der Waals surface area (Å²) in [6.07, 6.45) is 6.70. The summed E-state index contributed by atoms with van der Waals surface area (Å²) in [5, 5.41) is 2.97. The van der Waals surface area contributed by atoms with Crippen LogP contribution < -0.4 is 5.32 Å². The van der Waals surface area contributed by atoms with Gasteiger partial charge < -0.3 is 9.88 Å². The second-order valence-corrected chi connectivity index (χ2v) is 6.96. The van der Waals surface area contributed by atoms with Crippen LogP contribution in [0.3, 0.4) is 0 Å². The number of fused-ring (bicyclic) bond motifs is 1. The number of rotatable bonds is 6. The Bertz CT molecular complexity index is 714. The lowest BCUT2D eigenvalue weighted by atomic mass is 10.2. The zero-order valence-electron chi connectivity index (χ0n) is 15.6. The van der Waals surface area contributed by atoms with Crippen LogP contribution in [0.5, 0.6) is 0 Å². The van der Waals surface area contributed by atoms with Crippen LogP contribution in [-0.2, 0) is 17.9 Å². The largest absolute Gasteiger partial charge is 0.327 e. The topological polar surface area (TPSA) is 50.2 Å². The van der Waals surface area contributed by atoms with Crippen molar-refractivity contribution in [3.8, 4) is 0 Å². The number of nitrogens with one attached hydrogen (secondary N) is 1. The Morgan fingerprint density at radius 2 is 1.92 bits per heavy atom. The first-order chi connectivity index (χ1) is 12.2. The number of carbonyl (C=O) groups is 1. The van der Waals surface area contributed by atoms with Gasteiger partial charge in [-0.25, -0.2) is 4.98 Å². The number of hydrogen-bond acceptors (Lipinski definition) is 3. The summed E-state index contributed by atoms with van der Waals surface area (Å²) < 4.78 is 2.30. The molecule has 2 aromatic rings. The van der Waals surface area contributed by atoms with Gasteiger partial charge >= 0.3 is 0 Å². The van der Waals surface area contributed by atoms with Gasteiger partial charge in [0.1, 0.15) is 5.82 Å². The highest BCUT2D eigenvalue weighted by molar-refractivity contribution is 5.93. The third-order valence-corrected chi connectivity index (χ3v) is 4.97. The Kier molecular flexibility index (Phi) is 6.08. The summed E-state index contributed by atoms with van der Waals surface area (Å²) in [7, 11) is 0. The summed E-state index contributed by atoms with van der Waals surface area (Å²) >= 11 is 0. The van der Waals surface area contributed by atoms with Crippen molar-refractivity contribution < 1.29 is 4.79 Å². The van der Waals surface area contributed by atoms with Crippen LogP contribution in [0.1, 0.15) is 58.2 Å². The average molecular weight is 342 g/mol. The number of aryl methyl sites for hydroxylation is 1. The van der Waals surface area contributed by atoms with E-state index >= 15 is 0 Å². The average Bonchev–Trinajstić information content (AvgIpc) is 2.75. The van der Waals surface area contributed by atoms with Crippen LogP contribution in [0.2, 0.25) is 0 Å². The first-order valence-corrected chi connectivity index (χ1v) is 9.72. The number of hydrogen-bond donors (Lipinski definition) is 1. The smallest absolute Gasteiger partial charge is 0.224 e. The van der Waals surface area contributed by atoms with E-state index in [0.717, 1.165) is 42.1 Å². The van der Waals surface area contributed by atoms with Crippen molar-refractivity contribution in [2.75, 3.05) is 18.4 Å². The second-order valence-electron chi connectivity index (χ2n) is 6.96. The number of likely N-dealkylation sites (tertiary alicyclic amines) is 1. The van der Waals surface area contributed by atoms with Gasteiger partial charge in [0.15, 0.2) is 0 Å². The van der Waals surface area contributed by atoms with Crippen molar-refractivity contribution in [1.29, 1.82) is 0 Å². The van der Waals surface area contributed by atoms with Crippen molar-refractivity contribution in [2.45, 2.75) is 65.5 Å². The molecule has 5 heteroatoms. The Hall–Kier alpha value is -1.88. The molecule has 0 aliphatic carbocycles. The first-order valence-electron chi connectivity index (χ1n) is 9.72. The van der Waals surface area contributed by atoms with E-state index in [4.69, 9.17) is 4.98 Å². The fourth-order valence-electron chi connectivity index (χ4n) is 3.68. The molecule has 2 heterocycles. The minimum Gasteiger partial charge on any atom is -0.327 e. The molecule has 0 saturated carbocycles. The summed E-state index contributed by atoms with van der Waals surface area (Å²) in [4.78, 5) is 19.3. The van der Waals surface area contributed by atoms with Crippen LogP contribution >= 0.6 is 0 Å². The number of nitrogens with zero attached hydrogens (tertiary/aromatic N) is 3. The molecule has 1 aromatic carbocycles. The summed E-state index contributed by atoms with van der Waals surface area (Å²) in [5.41, 5.74) is 2.97. The molecule has 3 rings (SSSR count). The van der Waals surface area contributed by atoms with Gasteiger partial charge in [0.25, 0.3) is 0 Å². The minimum absolute atomic E-state index is 0.0709. The van der Waals surface area contributed by atoms with Gasteiger partial charge in [0, 0.05) is 18.7 Å². The van der Waals surface area contributed by atoms with E-state index in [1.54, 1.807) is 0 Å². The first kappa shape index (κ1) is 17.9. The van der Waals surface area contributed by atoms with Gasteiger partial charge in [-0.2, -0.15) is 0 Å². The van der Waals surface area contributed by atoms with Gasteiger partial charge in [-0.15, -0.1) is 0 Å². The molecule has 1 aliphatic heterocycles. The van der Waals surface area contributed by atoms with Crippen LogP contribution in [0.25, 0.3) is 11.0 Å². The van der Waals surface area contributed by atoms with E-state index in [9.17, 15) is 4.79 Å². The molecule has 25 heavy (non-hydrogen) atoms. The van der Waals surface area contributed by atoms with Gasteiger partial charge in [-0.3, -0.25) is 9.69 Å². The molecule has 0 unspecified atom stereocenters. The van der Waals surface area contributed by atoms with E-state index in [1.165, 1.54) is 38.8 Å². The molecule has 1 aliphatic rings. The normalized spacial score (nSPS) is 16.1. The van der Waals surface area contributed by atoms with Gasteiger partial charge in [-0.1, -0.05) is 19.8 Å². The molecule has 1 saturated heterocycles. The maximum absolute atomic E-state index is 11.8. The Balaban J connectivity index is 1.82. The van der Waals surface area contributed by atoms with Gasteiger partial charge in [0.2, 0.25) is 5.91 Å². The van der Waals surface area contributed by atoms with Crippen molar-refractivity contribution in [1.82, 2.24) is 14.5 Å². The van der Waals surface area contributed by atoms with E-state index < -0.39 is 0 Å². The van der Waals surface area contributed by atoms with Gasteiger partial charge in [0.05, 0.1) is 17.6 Å². The number of carbonyl (C=O) groups excluding carboxylic acids is 1. The molecule has 0 radical (unpaired) electrons. The van der Waals surface area contributed by atoms with Crippen molar-refractivity contribution >= 4 is 22.6 Å². The lowest BCUT2D eigenvalue weighted by Gasteiger charge is -2.19. The highest BCUT2D eigenvalue weighted by atomic mass is 16.1. The molecule has 1 fully saturated rings. The van der Waals surface area contributed by atoms with Crippen LogP contribution in [0.4, 0.5) is 5.69 Å². The van der Waals surface area contributed by atoms with E-state index in [0.29, 0.717) is 6.42 Å². The number of imidazole rings is 1. The molecule has 0 bridgehead atoms. The van der Waals surface area contributed by atoms with E-state index in [2.05, 4.69) is 27.8 Å². The highest BCUT2D eigenvalue weighted by Gasteiger charge is 2.15. The Morgan fingerprint density at radius 1 is 1.16 bits per heavy atom. The molecular weight excluding hydrogens is 312 g/mol. The quantitative estimate of drug-likeness (QED) is 0.857. The van der Waals surface area contributed by atoms with Crippen molar-refractivity contribution in [3.63, 3.8) is 0 Å². The minimum atomic E-state index is 0.0709. The van der Waals surface area contributed by atoms with Crippen LogP contribution in [0, 0.1) is 0 Å². The summed E-state index contributed by atoms with van der Waals surface area (Å²) in [6.45, 7) is 8.36. The maximum atomic E-state index is 11.8. The molecule has 1 N–H and O–H groups in total. The van der Waals surface area contributed by atoms with Crippen LogP contribution in [-0.4, -0.2) is 33.4 Å². The lowest BCUT2D eigenvalue weighted by Crippen LogP contribution is -2.25. The second kappa shape index (κ2) is 8.48. The zero-order chi connectivity index (χ0) is 17.6. The number of benzene rings is 1. The third kappa shape index (κ3) is 4.40. The van der Waals surface area contributed by atoms with E-state index in [1.807, 2.05) is 19.1 Å². The predicted molar refractivity (Wildman–Crippen MR) is 103 cm³/mol. The standard InChI is InChI=1S/C20H30N4O/c1-3-9-20(25)21-16-10-11-18-17(14-16)22-19(24(18)4-2)15-23-12-7-5-6-8-13-23/h10-11,14H,3-9,12-13,15H2,1-2H3,(H,21,25). The summed E-state index contributed by atoms with van der Waals surface area (Å²) in [6, 6.07) is 6.07. The molecule has 5 nitrogen and oxygen atoms in total. The van der Waals surface area contributed by atoms with Crippen LogP contribution in [0.15, 0.2) is 18.2 Å². The molecular formula is C20H30N4O. The van der Waals surface area contributed by atoms with Crippen molar-refractivity contribution in [3.05, 3.63) is 24.0 Å². The zero-order valence-corrected chi connectivity index (χ0v) is 15.6. The molecule has 1 amide bonds. The molecule has 0 atom stereocenters. The monoisotopic (exact) mass is 342 g/mol. The molecule has 136 valence electrons. The fraction of sp³-hybridized carbons (Fsp3) is 0.600. The Morgan fingerprint density at radius 3 is 2.60 bits per heavy atom. The van der Waals surface area contributed by atoms with E-state index in [-0.39, 0.29) is 5.91 Å². The summed E-state index contributed by atoms with van der Waals surface area (Å²) in [5.74, 6) is 1.21. The third-order valence-electron chi connectivity index (χ3n) is 4.97. The predicted octanol–water partition coefficient (Wildman–Crippen LogP) is 4.17. The van der Waals surface area contributed by atoms with Crippen molar-refractivity contribution in [2.24, 2.45) is 0 Å². The number of aromatic nitrogens is 2. The molecule has 1 aromatic heterocycles. The Labute approximate surface area is 150 Å². The fourth-order valence-corrected chi connectivity index (χ4v) is 3.68. The number of amides is 1. The van der Waals surface area contributed by atoms with Gasteiger partial charge in [-0.05, 0) is 57.5 Å². The lowest BCUT2D eigenvalue weighted by molar-refractivity contribution is -0.116. The molecule has 0 spiro atoms. The maximum Gasteiger partial charge on any atom is 0.224 e. The number of anilines is 1. The SMILES string of the molecule is CCCC(=O)Nc1ccc2c(c1)nc(CN1CCCCCC1)n2CC. The highest BCUT2D eigenvalue weighted by Crippen LogP contribution is 2.22.